The third-order valence-corrected chi connectivity index (χ3v) is 4.76. The van der Waals surface area contributed by atoms with Crippen LogP contribution in [0.2, 0.25) is 0 Å². The van der Waals surface area contributed by atoms with Gasteiger partial charge < -0.3 is 8.83 Å². The van der Waals surface area contributed by atoms with Gasteiger partial charge in [0.1, 0.15) is 11.1 Å². The Hall–Kier alpha value is -2.29. The zero-order valence-electron chi connectivity index (χ0n) is 16.1. The second-order valence-electron chi connectivity index (χ2n) is 9.05. The highest BCUT2D eigenvalue weighted by atomic mass is 16.4. The topological polar surface area (TPSA) is 39.2 Å². The Morgan fingerprint density at radius 2 is 1.36 bits per heavy atom. The third-order valence-electron chi connectivity index (χ3n) is 4.76. The minimum atomic E-state index is -0.134. The molecule has 2 aromatic heterocycles. The molecule has 0 aliphatic carbocycles. The van der Waals surface area contributed by atoms with Crippen LogP contribution in [0.1, 0.15) is 58.6 Å². The van der Waals surface area contributed by atoms with E-state index in [0.29, 0.717) is 0 Å². The number of furan rings is 1. The molecule has 0 amide bonds. The molecule has 0 atom stereocenters. The number of rotatable bonds is 0. The minimum Gasteiger partial charge on any atom is -0.452 e. The van der Waals surface area contributed by atoms with Gasteiger partial charge in [0, 0.05) is 21.8 Å². The van der Waals surface area contributed by atoms with Crippen LogP contribution in [0, 0.1) is 6.92 Å². The van der Waals surface area contributed by atoms with E-state index >= 15 is 0 Å². The Kier molecular flexibility index (Phi) is 3.16. The number of oxazole rings is 1. The Morgan fingerprint density at radius 3 is 2.00 bits per heavy atom. The lowest BCUT2D eigenvalue weighted by Crippen LogP contribution is -2.13. The molecule has 0 radical (unpaired) electrons. The Morgan fingerprint density at radius 1 is 0.720 bits per heavy atom. The maximum absolute atomic E-state index is 6.40. The van der Waals surface area contributed by atoms with E-state index in [-0.39, 0.29) is 10.8 Å². The number of aromatic nitrogens is 1. The molecule has 0 aliphatic rings. The lowest BCUT2D eigenvalue weighted by molar-refractivity contribution is 0.410. The highest BCUT2D eigenvalue weighted by Crippen LogP contribution is 2.41. The van der Waals surface area contributed by atoms with E-state index in [1.807, 2.05) is 6.07 Å². The van der Waals surface area contributed by atoms with E-state index < -0.39 is 0 Å². The van der Waals surface area contributed by atoms with Crippen LogP contribution >= 0.6 is 0 Å². The van der Waals surface area contributed by atoms with E-state index in [2.05, 4.69) is 71.6 Å². The number of fused-ring (bicyclic) bond motifs is 5. The Bertz CT molecular complexity index is 1110. The van der Waals surface area contributed by atoms with Gasteiger partial charge in [-0.05, 0) is 30.0 Å². The molecular weight excluding hydrogens is 310 g/mol. The summed E-state index contributed by atoms with van der Waals surface area (Å²) in [5.74, 6) is 0.739. The summed E-state index contributed by atoms with van der Waals surface area (Å²) in [6.45, 7) is 15.1. The molecule has 4 rings (SSSR count). The summed E-state index contributed by atoms with van der Waals surface area (Å²) in [7, 11) is 0. The van der Waals surface area contributed by atoms with Crippen LogP contribution < -0.4 is 0 Å². The summed E-state index contributed by atoms with van der Waals surface area (Å²) in [4.78, 5) is 4.67. The maximum atomic E-state index is 6.40. The fourth-order valence-corrected chi connectivity index (χ4v) is 3.64. The summed E-state index contributed by atoms with van der Waals surface area (Å²) < 4.78 is 12.5. The summed E-state index contributed by atoms with van der Waals surface area (Å²) >= 11 is 0. The van der Waals surface area contributed by atoms with Gasteiger partial charge in [-0.1, -0.05) is 53.7 Å². The van der Waals surface area contributed by atoms with Gasteiger partial charge in [-0.3, -0.25) is 0 Å². The largest absolute Gasteiger partial charge is 0.452 e. The van der Waals surface area contributed by atoms with Gasteiger partial charge in [0.25, 0.3) is 0 Å². The number of nitrogens with zero attached hydrogens (tertiary/aromatic N) is 1. The van der Waals surface area contributed by atoms with Crippen molar-refractivity contribution in [2.45, 2.75) is 59.3 Å². The summed E-state index contributed by atoms with van der Waals surface area (Å²) in [5, 5.41) is 2.23. The van der Waals surface area contributed by atoms with Gasteiger partial charge >= 0.3 is 0 Å². The number of aryl methyl sites for hydroxylation is 1. The van der Waals surface area contributed by atoms with Crippen LogP contribution in [0.4, 0.5) is 0 Å². The van der Waals surface area contributed by atoms with Gasteiger partial charge in [0.2, 0.25) is 5.89 Å². The lowest BCUT2D eigenvalue weighted by Gasteiger charge is -2.21. The van der Waals surface area contributed by atoms with E-state index in [9.17, 15) is 0 Å². The maximum Gasteiger partial charge on any atom is 0.201 e. The van der Waals surface area contributed by atoms with Gasteiger partial charge in [-0.2, -0.15) is 0 Å². The first-order chi connectivity index (χ1) is 11.6. The summed E-state index contributed by atoms with van der Waals surface area (Å²) in [5.41, 5.74) is 5.74. The van der Waals surface area contributed by atoms with Crippen molar-refractivity contribution in [1.82, 2.24) is 4.98 Å². The van der Waals surface area contributed by atoms with Crippen molar-refractivity contribution < 1.29 is 8.83 Å². The van der Waals surface area contributed by atoms with Crippen LogP contribution in [0.25, 0.3) is 33.0 Å². The molecule has 4 aromatic rings. The second-order valence-corrected chi connectivity index (χ2v) is 9.05. The highest BCUT2D eigenvalue weighted by molar-refractivity contribution is 6.13. The molecule has 25 heavy (non-hydrogen) atoms. The molecule has 130 valence electrons. The van der Waals surface area contributed by atoms with Gasteiger partial charge in [0.15, 0.2) is 11.2 Å². The molecule has 0 saturated carbocycles. The number of benzene rings is 2. The van der Waals surface area contributed by atoms with Crippen molar-refractivity contribution in [1.29, 1.82) is 0 Å². The summed E-state index contributed by atoms with van der Waals surface area (Å²) in [6, 6.07) is 8.46. The van der Waals surface area contributed by atoms with Crippen molar-refractivity contribution in [3.05, 3.63) is 41.3 Å². The van der Waals surface area contributed by atoms with Crippen LogP contribution in [0.3, 0.4) is 0 Å². The first-order valence-corrected chi connectivity index (χ1v) is 8.84. The Labute approximate surface area is 148 Å². The van der Waals surface area contributed by atoms with Gasteiger partial charge in [-0.25, -0.2) is 4.98 Å². The van der Waals surface area contributed by atoms with Crippen LogP contribution in [0.5, 0.6) is 0 Å². The van der Waals surface area contributed by atoms with Crippen molar-refractivity contribution in [2.24, 2.45) is 0 Å². The molecule has 0 fully saturated rings. The van der Waals surface area contributed by atoms with E-state index in [4.69, 9.17) is 8.83 Å². The molecule has 0 unspecified atom stereocenters. The molecule has 0 saturated heterocycles. The fraction of sp³-hybridized carbons (Fsp3) is 0.409. The van der Waals surface area contributed by atoms with Gasteiger partial charge in [-0.15, -0.1) is 0 Å². The molecule has 3 nitrogen and oxygen atoms in total. The van der Waals surface area contributed by atoms with Crippen molar-refractivity contribution in [3.63, 3.8) is 0 Å². The van der Waals surface area contributed by atoms with Gasteiger partial charge in [0.05, 0.1) is 0 Å². The average molecular weight is 335 g/mol. The first kappa shape index (κ1) is 16.2. The normalized spacial score (nSPS) is 13.4. The molecule has 0 bridgehead atoms. The molecule has 2 aromatic carbocycles. The van der Waals surface area contributed by atoms with Crippen molar-refractivity contribution in [3.8, 4) is 0 Å². The number of hydrogen-bond acceptors (Lipinski definition) is 3. The average Bonchev–Trinajstić information content (AvgIpc) is 3.05. The quantitative estimate of drug-likeness (QED) is 0.362. The summed E-state index contributed by atoms with van der Waals surface area (Å²) in [6.07, 6.45) is 0. The van der Waals surface area contributed by atoms with Crippen molar-refractivity contribution in [2.75, 3.05) is 0 Å². The predicted molar refractivity (Wildman–Crippen MR) is 103 cm³/mol. The zero-order chi connectivity index (χ0) is 18.1. The Balaban J connectivity index is 2.14. The van der Waals surface area contributed by atoms with E-state index in [0.717, 1.165) is 38.9 Å². The first-order valence-electron chi connectivity index (χ1n) is 8.84. The SMILES string of the molecule is Cc1ccc2c(oc3c2ccc2nc(C(C)(C)C)oc23)c1C(C)(C)C. The smallest absolute Gasteiger partial charge is 0.201 e. The molecule has 0 aliphatic heterocycles. The molecule has 3 heteroatoms. The van der Waals surface area contributed by atoms with E-state index in [1.54, 1.807) is 0 Å². The van der Waals surface area contributed by atoms with E-state index in [1.165, 1.54) is 11.1 Å². The third kappa shape index (κ3) is 2.37. The van der Waals surface area contributed by atoms with Crippen LogP contribution in [0.15, 0.2) is 33.1 Å². The van der Waals surface area contributed by atoms with Crippen LogP contribution in [-0.4, -0.2) is 4.98 Å². The molecule has 0 spiro atoms. The standard InChI is InChI=1S/C22H25NO2/c1-12-8-9-13-14-10-11-15-19(25-20(23-15)22(5,6)7)18(14)24-17(13)16(12)21(2,3)4/h8-11H,1-7H3. The zero-order valence-corrected chi connectivity index (χ0v) is 16.1. The predicted octanol–water partition coefficient (Wildman–Crippen LogP) is 6.63. The van der Waals surface area contributed by atoms with Crippen molar-refractivity contribution >= 4 is 33.0 Å². The second kappa shape index (κ2) is 4.87. The molecule has 0 N–H and O–H groups in total. The minimum absolute atomic E-state index is 0.00850. The monoisotopic (exact) mass is 335 g/mol. The number of hydrogen-bond donors (Lipinski definition) is 0. The highest BCUT2D eigenvalue weighted by Gasteiger charge is 2.26. The van der Waals surface area contributed by atoms with Crippen LogP contribution in [-0.2, 0) is 10.8 Å². The fourth-order valence-electron chi connectivity index (χ4n) is 3.64. The molecular formula is C22H25NO2. The lowest BCUT2D eigenvalue weighted by atomic mass is 9.83. The molecule has 2 heterocycles.